The molecule has 0 rings (SSSR count). The number of rotatable bonds is 0. The van der Waals surface area contributed by atoms with Crippen LogP contribution >= 0.6 is 15.9 Å². The molecule has 0 aliphatic heterocycles. The molecule has 0 bridgehead atoms. The van der Waals surface area contributed by atoms with Gasteiger partial charge in [0.05, 0.1) is 4.83 Å². The Balaban J connectivity index is 3.68. The standard InChI is InChI=1S/C4H5BrO2S/c1-4(5)2-3-8(6)7/h4H,1H3,(H,6,7). The van der Waals surface area contributed by atoms with Crippen molar-refractivity contribution in [2.75, 3.05) is 0 Å². The van der Waals surface area contributed by atoms with E-state index in [2.05, 4.69) is 27.1 Å². The fourth-order valence-corrected chi connectivity index (χ4v) is 0.675. The average Bonchev–Trinajstić information content (AvgIpc) is 1.61. The van der Waals surface area contributed by atoms with E-state index in [1.54, 1.807) is 6.92 Å². The molecule has 0 saturated carbocycles. The van der Waals surface area contributed by atoms with Gasteiger partial charge < -0.3 is 0 Å². The van der Waals surface area contributed by atoms with Crippen molar-refractivity contribution in [1.29, 1.82) is 0 Å². The van der Waals surface area contributed by atoms with E-state index in [1.165, 1.54) is 0 Å². The number of hydrogen-bond donors (Lipinski definition) is 1. The van der Waals surface area contributed by atoms with Crippen LogP contribution in [0, 0.1) is 11.2 Å². The van der Waals surface area contributed by atoms with Gasteiger partial charge in [-0.25, -0.2) is 4.21 Å². The highest BCUT2D eigenvalue weighted by Crippen LogP contribution is 1.92. The van der Waals surface area contributed by atoms with Crippen LogP contribution in [0.15, 0.2) is 0 Å². The number of halogens is 1. The van der Waals surface area contributed by atoms with Crippen LogP contribution in [0.25, 0.3) is 0 Å². The van der Waals surface area contributed by atoms with Gasteiger partial charge in [0, 0.05) is 5.25 Å². The lowest BCUT2D eigenvalue weighted by Gasteiger charge is -1.80. The fraction of sp³-hybridized carbons (Fsp3) is 0.500. The molecule has 0 saturated heterocycles. The van der Waals surface area contributed by atoms with Crippen molar-refractivity contribution in [1.82, 2.24) is 0 Å². The quantitative estimate of drug-likeness (QED) is 0.356. The van der Waals surface area contributed by atoms with Crippen molar-refractivity contribution in [2.24, 2.45) is 0 Å². The van der Waals surface area contributed by atoms with Gasteiger partial charge in [-0.05, 0) is 6.92 Å². The first kappa shape index (κ1) is 8.15. The summed E-state index contributed by atoms with van der Waals surface area (Å²) in [5.41, 5.74) is 0. The van der Waals surface area contributed by atoms with Gasteiger partial charge in [0.2, 0.25) is 11.1 Å². The SMILES string of the molecule is CC(Br)C#CS(=O)O. The van der Waals surface area contributed by atoms with Crippen molar-refractivity contribution in [3.8, 4) is 11.2 Å². The molecule has 0 aliphatic carbocycles. The van der Waals surface area contributed by atoms with Crippen molar-refractivity contribution in [3.05, 3.63) is 0 Å². The maximum absolute atomic E-state index is 9.82. The van der Waals surface area contributed by atoms with E-state index in [9.17, 15) is 4.21 Å². The van der Waals surface area contributed by atoms with Crippen LogP contribution < -0.4 is 0 Å². The Morgan fingerprint density at radius 2 is 2.38 bits per heavy atom. The van der Waals surface area contributed by atoms with E-state index >= 15 is 0 Å². The Bertz CT molecular complexity index is 144. The first-order valence-corrected chi connectivity index (χ1v) is 3.91. The molecule has 0 spiro atoms. The van der Waals surface area contributed by atoms with E-state index in [0.717, 1.165) is 0 Å². The molecule has 2 nitrogen and oxygen atoms in total. The third kappa shape index (κ3) is 6.15. The maximum atomic E-state index is 9.82. The summed E-state index contributed by atoms with van der Waals surface area (Å²) in [5, 5.41) is 2.08. The largest absolute Gasteiger partial charge is 0.296 e. The molecular weight excluding hydrogens is 192 g/mol. The first-order valence-electron chi connectivity index (χ1n) is 1.89. The highest BCUT2D eigenvalue weighted by Gasteiger charge is 1.84. The Labute approximate surface area is 59.1 Å². The molecule has 8 heavy (non-hydrogen) atoms. The Morgan fingerprint density at radius 3 is 2.50 bits per heavy atom. The fourth-order valence-electron chi connectivity index (χ4n) is 0.132. The molecule has 0 aromatic heterocycles. The second-order valence-electron chi connectivity index (χ2n) is 1.11. The summed E-state index contributed by atoms with van der Waals surface area (Å²) in [4.78, 5) is -0.0152. The van der Waals surface area contributed by atoms with Gasteiger partial charge in [-0.3, -0.25) is 4.55 Å². The minimum atomic E-state index is -1.98. The minimum absolute atomic E-state index is 0.0152. The summed E-state index contributed by atoms with van der Waals surface area (Å²) in [6, 6.07) is 0. The molecule has 2 unspecified atom stereocenters. The van der Waals surface area contributed by atoms with Gasteiger partial charge in [-0.2, -0.15) is 0 Å². The lowest BCUT2D eigenvalue weighted by atomic mass is 10.5. The zero-order valence-corrected chi connectivity index (χ0v) is 6.62. The van der Waals surface area contributed by atoms with E-state index in [-0.39, 0.29) is 4.83 Å². The number of alkyl halides is 1. The maximum Gasteiger partial charge on any atom is 0.233 e. The van der Waals surface area contributed by atoms with Gasteiger partial charge in [0.1, 0.15) is 0 Å². The third-order valence-corrected chi connectivity index (χ3v) is 0.867. The summed E-state index contributed by atoms with van der Waals surface area (Å²) < 4.78 is 17.9. The van der Waals surface area contributed by atoms with Crippen LogP contribution in [-0.4, -0.2) is 13.6 Å². The summed E-state index contributed by atoms with van der Waals surface area (Å²) in [7, 11) is 0. The average molecular weight is 197 g/mol. The topological polar surface area (TPSA) is 37.3 Å². The van der Waals surface area contributed by atoms with Crippen LogP contribution in [0.5, 0.6) is 0 Å². The normalized spacial score (nSPS) is 15.9. The molecule has 0 fully saturated rings. The number of hydrogen-bond acceptors (Lipinski definition) is 1. The third-order valence-electron chi connectivity index (χ3n) is 0.345. The van der Waals surface area contributed by atoms with Gasteiger partial charge in [-0.15, -0.1) is 0 Å². The molecule has 0 amide bonds. The zero-order valence-electron chi connectivity index (χ0n) is 4.22. The molecule has 0 aliphatic rings. The molecule has 0 heterocycles. The predicted molar refractivity (Wildman–Crippen MR) is 36.9 cm³/mol. The van der Waals surface area contributed by atoms with Crippen LogP contribution in [0.1, 0.15) is 6.92 Å². The van der Waals surface area contributed by atoms with E-state index in [1.807, 2.05) is 0 Å². The van der Waals surface area contributed by atoms with Crippen LogP contribution in [-0.2, 0) is 11.1 Å². The lowest BCUT2D eigenvalue weighted by molar-refractivity contribution is 0.576. The van der Waals surface area contributed by atoms with Crippen LogP contribution in [0.3, 0.4) is 0 Å². The Hall–Kier alpha value is 0.150. The van der Waals surface area contributed by atoms with Crippen molar-refractivity contribution >= 4 is 27.0 Å². The molecule has 2 atom stereocenters. The summed E-state index contributed by atoms with van der Waals surface area (Å²) in [6.45, 7) is 1.78. The molecular formula is C4H5BrO2S. The van der Waals surface area contributed by atoms with Crippen molar-refractivity contribution < 1.29 is 8.76 Å². The van der Waals surface area contributed by atoms with Crippen LogP contribution in [0.2, 0.25) is 0 Å². The highest BCUT2D eigenvalue weighted by molar-refractivity contribution is 9.09. The molecule has 46 valence electrons. The lowest BCUT2D eigenvalue weighted by Crippen LogP contribution is -1.83. The first-order chi connectivity index (χ1) is 3.63. The van der Waals surface area contributed by atoms with Gasteiger partial charge in [0.25, 0.3) is 0 Å². The van der Waals surface area contributed by atoms with Crippen molar-refractivity contribution in [3.63, 3.8) is 0 Å². The van der Waals surface area contributed by atoms with E-state index < -0.39 is 11.1 Å². The second-order valence-corrected chi connectivity index (χ2v) is 3.19. The van der Waals surface area contributed by atoms with Crippen LogP contribution in [0.4, 0.5) is 0 Å². The van der Waals surface area contributed by atoms with E-state index in [4.69, 9.17) is 4.55 Å². The molecule has 4 heteroatoms. The highest BCUT2D eigenvalue weighted by atomic mass is 79.9. The van der Waals surface area contributed by atoms with Gasteiger partial charge in [-0.1, -0.05) is 21.9 Å². The molecule has 1 N–H and O–H groups in total. The summed E-state index contributed by atoms with van der Waals surface area (Å²) in [5.74, 6) is 2.46. The Morgan fingerprint density at radius 1 is 1.88 bits per heavy atom. The molecule has 0 aromatic rings. The van der Waals surface area contributed by atoms with Gasteiger partial charge in [0.15, 0.2) is 0 Å². The minimum Gasteiger partial charge on any atom is -0.296 e. The smallest absolute Gasteiger partial charge is 0.233 e. The summed E-state index contributed by atoms with van der Waals surface area (Å²) in [6.07, 6.45) is 0. The van der Waals surface area contributed by atoms with Gasteiger partial charge >= 0.3 is 0 Å². The second kappa shape index (κ2) is 4.07. The zero-order chi connectivity index (χ0) is 6.57. The monoisotopic (exact) mass is 196 g/mol. The Kier molecular flexibility index (Phi) is 4.15. The summed E-state index contributed by atoms with van der Waals surface area (Å²) >= 11 is 1.11. The predicted octanol–water partition coefficient (Wildman–Crippen LogP) is 0.952. The molecule has 0 aromatic carbocycles. The van der Waals surface area contributed by atoms with Crippen molar-refractivity contribution in [2.45, 2.75) is 11.8 Å². The molecule has 0 radical (unpaired) electrons. The van der Waals surface area contributed by atoms with E-state index in [0.29, 0.717) is 0 Å².